The molecule has 2 unspecified atom stereocenters. The first-order valence-electron chi connectivity index (χ1n) is 5.04. The van der Waals surface area contributed by atoms with E-state index in [4.69, 9.17) is 4.74 Å². The standard InChI is InChI=1S/C10H18O3/c1-6-3-10(5-12)9(6)8(4-11)7(2)13-10/h6-9,11-12H,3-5H2,1-2H3/t6?,7-,8?,9+,10+/m0/s1. The lowest BCUT2D eigenvalue weighted by Gasteiger charge is -2.49. The molecule has 1 saturated heterocycles. The molecule has 0 amide bonds. The van der Waals surface area contributed by atoms with Gasteiger partial charge in [-0.05, 0) is 19.3 Å². The summed E-state index contributed by atoms with van der Waals surface area (Å²) in [6.07, 6.45) is 1.03. The van der Waals surface area contributed by atoms with Gasteiger partial charge >= 0.3 is 0 Å². The second kappa shape index (κ2) is 2.94. The first-order valence-corrected chi connectivity index (χ1v) is 5.04. The summed E-state index contributed by atoms with van der Waals surface area (Å²) in [5.41, 5.74) is -0.313. The average molecular weight is 186 g/mol. The molecular formula is C10H18O3. The molecule has 1 saturated carbocycles. The van der Waals surface area contributed by atoms with Crippen molar-refractivity contribution in [2.75, 3.05) is 13.2 Å². The van der Waals surface area contributed by atoms with Crippen LogP contribution < -0.4 is 0 Å². The van der Waals surface area contributed by atoms with Crippen molar-refractivity contribution in [2.24, 2.45) is 17.8 Å². The lowest BCUT2D eigenvalue weighted by molar-refractivity contribution is -0.156. The zero-order chi connectivity index (χ0) is 9.64. The molecule has 3 nitrogen and oxygen atoms in total. The molecule has 0 radical (unpaired) electrons. The number of aliphatic hydroxyl groups excluding tert-OH is 2. The summed E-state index contributed by atoms with van der Waals surface area (Å²) in [5, 5.41) is 18.5. The minimum Gasteiger partial charge on any atom is -0.396 e. The predicted molar refractivity (Wildman–Crippen MR) is 48.2 cm³/mol. The van der Waals surface area contributed by atoms with Crippen molar-refractivity contribution >= 4 is 0 Å². The van der Waals surface area contributed by atoms with Gasteiger partial charge in [0.05, 0.1) is 18.3 Å². The number of aliphatic hydroxyl groups is 2. The van der Waals surface area contributed by atoms with E-state index in [0.717, 1.165) is 6.42 Å². The van der Waals surface area contributed by atoms with Gasteiger partial charge in [-0.25, -0.2) is 0 Å². The quantitative estimate of drug-likeness (QED) is 0.656. The van der Waals surface area contributed by atoms with Crippen LogP contribution in [0.1, 0.15) is 20.3 Å². The third-order valence-corrected chi connectivity index (χ3v) is 3.85. The highest BCUT2D eigenvalue weighted by Crippen LogP contribution is 2.56. The maximum absolute atomic E-state index is 9.29. The summed E-state index contributed by atoms with van der Waals surface area (Å²) in [7, 11) is 0. The minimum atomic E-state index is -0.313. The second-order valence-corrected chi connectivity index (χ2v) is 4.60. The van der Waals surface area contributed by atoms with Crippen molar-refractivity contribution in [3.8, 4) is 0 Å². The van der Waals surface area contributed by atoms with Gasteiger partial charge in [-0.1, -0.05) is 6.92 Å². The van der Waals surface area contributed by atoms with Gasteiger partial charge in [-0.15, -0.1) is 0 Å². The summed E-state index contributed by atoms with van der Waals surface area (Å²) in [6, 6.07) is 0. The molecular weight excluding hydrogens is 168 g/mol. The van der Waals surface area contributed by atoms with Crippen LogP contribution in [0.2, 0.25) is 0 Å². The smallest absolute Gasteiger partial charge is 0.0953 e. The molecule has 2 aliphatic rings. The Balaban J connectivity index is 2.18. The Labute approximate surface area is 78.7 Å². The van der Waals surface area contributed by atoms with Gasteiger partial charge in [0.25, 0.3) is 0 Å². The third-order valence-electron chi connectivity index (χ3n) is 3.85. The molecule has 2 rings (SSSR count). The lowest BCUT2D eigenvalue weighted by atomic mass is 9.59. The number of ether oxygens (including phenoxy) is 1. The van der Waals surface area contributed by atoms with Crippen LogP contribution in [0.15, 0.2) is 0 Å². The second-order valence-electron chi connectivity index (χ2n) is 4.60. The molecule has 1 aliphatic heterocycles. The molecule has 2 N–H and O–H groups in total. The van der Waals surface area contributed by atoms with Crippen LogP contribution in [-0.2, 0) is 4.74 Å². The maximum Gasteiger partial charge on any atom is 0.0953 e. The highest BCUT2D eigenvalue weighted by molar-refractivity contribution is 5.10. The Morgan fingerprint density at radius 3 is 2.54 bits per heavy atom. The van der Waals surface area contributed by atoms with Crippen LogP contribution in [0.4, 0.5) is 0 Å². The van der Waals surface area contributed by atoms with Crippen molar-refractivity contribution in [3.63, 3.8) is 0 Å². The highest BCUT2D eigenvalue weighted by Gasteiger charge is 2.62. The van der Waals surface area contributed by atoms with Gasteiger partial charge in [-0.2, -0.15) is 0 Å². The van der Waals surface area contributed by atoms with Crippen molar-refractivity contribution in [1.82, 2.24) is 0 Å². The van der Waals surface area contributed by atoms with Gasteiger partial charge in [-0.3, -0.25) is 0 Å². The number of fused-ring (bicyclic) bond motifs is 1. The van der Waals surface area contributed by atoms with E-state index < -0.39 is 0 Å². The molecule has 1 aliphatic carbocycles. The molecule has 1 heterocycles. The van der Waals surface area contributed by atoms with Crippen molar-refractivity contribution in [1.29, 1.82) is 0 Å². The Morgan fingerprint density at radius 2 is 2.08 bits per heavy atom. The van der Waals surface area contributed by atoms with Crippen LogP contribution in [0.25, 0.3) is 0 Å². The summed E-state index contributed by atoms with van der Waals surface area (Å²) in [4.78, 5) is 0. The molecule has 5 atom stereocenters. The van der Waals surface area contributed by atoms with E-state index in [1.807, 2.05) is 6.92 Å². The van der Waals surface area contributed by atoms with Crippen LogP contribution in [0.5, 0.6) is 0 Å². The van der Waals surface area contributed by atoms with Gasteiger partial charge in [0, 0.05) is 18.4 Å². The van der Waals surface area contributed by atoms with Crippen molar-refractivity contribution < 1.29 is 14.9 Å². The Morgan fingerprint density at radius 1 is 1.38 bits per heavy atom. The molecule has 0 spiro atoms. The number of hydrogen-bond donors (Lipinski definition) is 2. The van der Waals surface area contributed by atoms with Gasteiger partial charge in [0.15, 0.2) is 0 Å². The molecule has 3 heteroatoms. The fourth-order valence-corrected chi connectivity index (χ4v) is 3.32. The first kappa shape index (κ1) is 9.44. The van der Waals surface area contributed by atoms with E-state index in [1.165, 1.54) is 0 Å². The summed E-state index contributed by atoms with van der Waals surface area (Å²) in [6.45, 7) is 4.44. The molecule has 0 aromatic carbocycles. The Kier molecular flexibility index (Phi) is 2.13. The maximum atomic E-state index is 9.29. The fourth-order valence-electron chi connectivity index (χ4n) is 3.32. The minimum absolute atomic E-state index is 0.0899. The monoisotopic (exact) mass is 186 g/mol. The van der Waals surface area contributed by atoms with Gasteiger partial charge in [0.1, 0.15) is 0 Å². The van der Waals surface area contributed by atoms with Gasteiger partial charge < -0.3 is 14.9 Å². The van der Waals surface area contributed by atoms with Crippen molar-refractivity contribution in [2.45, 2.75) is 32.0 Å². The van der Waals surface area contributed by atoms with E-state index in [2.05, 4.69) is 6.92 Å². The topological polar surface area (TPSA) is 49.7 Å². The lowest BCUT2D eigenvalue weighted by Crippen LogP contribution is -2.55. The van der Waals surface area contributed by atoms with E-state index >= 15 is 0 Å². The average Bonchev–Trinajstić information content (AvgIpc) is 2.33. The molecule has 0 bridgehead atoms. The summed E-state index contributed by atoms with van der Waals surface area (Å²) < 4.78 is 5.76. The summed E-state index contributed by atoms with van der Waals surface area (Å²) in [5.74, 6) is 1.16. The number of hydrogen-bond acceptors (Lipinski definition) is 3. The van der Waals surface area contributed by atoms with E-state index in [1.54, 1.807) is 0 Å². The SMILES string of the molecule is CC1C[C@]2(CO)O[C@@H](C)C(CO)[C@@H]12. The zero-order valence-electron chi connectivity index (χ0n) is 8.23. The Hall–Kier alpha value is -0.120. The normalized spacial score (nSPS) is 54.5. The van der Waals surface area contributed by atoms with E-state index in [9.17, 15) is 10.2 Å². The zero-order valence-corrected chi connectivity index (χ0v) is 8.23. The van der Waals surface area contributed by atoms with Crippen LogP contribution in [0.3, 0.4) is 0 Å². The third kappa shape index (κ3) is 1.07. The van der Waals surface area contributed by atoms with Crippen LogP contribution in [0, 0.1) is 17.8 Å². The predicted octanol–water partition coefficient (Wildman–Crippen LogP) is 0.401. The molecule has 0 aromatic rings. The molecule has 0 aromatic heterocycles. The Bertz CT molecular complexity index is 206. The first-order chi connectivity index (χ1) is 6.14. The van der Waals surface area contributed by atoms with E-state index in [-0.39, 0.29) is 30.8 Å². The molecule has 76 valence electrons. The fraction of sp³-hybridized carbons (Fsp3) is 1.00. The van der Waals surface area contributed by atoms with E-state index in [0.29, 0.717) is 11.8 Å². The van der Waals surface area contributed by atoms with Crippen molar-refractivity contribution in [3.05, 3.63) is 0 Å². The number of rotatable bonds is 2. The summed E-state index contributed by atoms with van der Waals surface area (Å²) >= 11 is 0. The van der Waals surface area contributed by atoms with Gasteiger partial charge in [0.2, 0.25) is 0 Å². The van der Waals surface area contributed by atoms with Crippen LogP contribution in [-0.4, -0.2) is 35.1 Å². The largest absolute Gasteiger partial charge is 0.396 e. The van der Waals surface area contributed by atoms with Crippen LogP contribution >= 0.6 is 0 Å². The molecule has 2 fully saturated rings. The molecule has 13 heavy (non-hydrogen) atoms. The highest BCUT2D eigenvalue weighted by atomic mass is 16.5.